The summed E-state index contributed by atoms with van der Waals surface area (Å²) in [5, 5.41) is 0. The van der Waals surface area contributed by atoms with Crippen LogP contribution in [0.3, 0.4) is 0 Å². The average molecular weight is 510 g/mol. The van der Waals surface area contributed by atoms with Crippen LogP contribution >= 0.6 is 0 Å². The molecule has 2 amide bonds. The van der Waals surface area contributed by atoms with E-state index in [1.807, 2.05) is 29.2 Å². The highest BCUT2D eigenvalue weighted by Crippen LogP contribution is 2.25. The van der Waals surface area contributed by atoms with E-state index in [1.165, 1.54) is 12.0 Å². The van der Waals surface area contributed by atoms with E-state index in [0.29, 0.717) is 19.7 Å². The van der Waals surface area contributed by atoms with E-state index < -0.39 is 0 Å². The monoisotopic (exact) mass is 509 g/mol. The SMILES string of the molecule is CCCCN(CC(=O)N(Cc1cccn1Cc1ccccc1)C1CCCCC1)C(=O)CCC(=O)OCC. The molecule has 0 bridgehead atoms. The molecule has 202 valence electrons. The van der Waals surface area contributed by atoms with Crippen LogP contribution in [0.15, 0.2) is 48.7 Å². The highest BCUT2D eigenvalue weighted by Gasteiger charge is 2.29. The average Bonchev–Trinajstić information content (AvgIpc) is 3.35. The second-order valence-electron chi connectivity index (χ2n) is 9.90. The number of carbonyl (C=O) groups excluding carboxylic acids is 3. The maximum Gasteiger partial charge on any atom is 0.306 e. The Hall–Kier alpha value is -3.09. The molecule has 1 heterocycles. The molecule has 0 N–H and O–H groups in total. The summed E-state index contributed by atoms with van der Waals surface area (Å²) in [4.78, 5) is 42.2. The molecule has 7 nitrogen and oxygen atoms in total. The molecular weight excluding hydrogens is 466 g/mol. The summed E-state index contributed by atoms with van der Waals surface area (Å²) in [7, 11) is 0. The number of benzene rings is 1. The molecule has 0 saturated heterocycles. The van der Waals surface area contributed by atoms with Crippen LogP contribution < -0.4 is 0 Å². The predicted molar refractivity (Wildman–Crippen MR) is 145 cm³/mol. The number of ether oxygens (including phenoxy) is 1. The van der Waals surface area contributed by atoms with Gasteiger partial charge in [0.05, 0.1) is 26.1 Å². The van der Waals surface area contributed by atoms with Gasteiger partial charge < -0.3 is 19.1 Å². The van der Waals surface area contributed by atoms with Gasteiger partial charge in [-0.1, -0.05) is 62.9 Å². The van der Waals surface area contributed by atoms with Crippen LogP contribution in [0.4, 0.5) is 0 Å². The number of esters is 1. The van der Waals surface area contributed by atoms with Gasteiger partial charge in [-0.2, -0.15) is 0 Å². The van der Waals surface area contributed by atoms with Crippen molar-refractivity contribution < 1.29 is 19.1 Å². The van der Waals surface area contributed by atoms with Crippen molar-refractivity contribution >= 4 is 17.8 Å². The van der Waals surface area contributed by atoms with Crippen LogP contribution in [0.5, 0.6) is 0 Å². The third-order valence-electron chi connectivity index (χ3n) is 7.10. The van der Waals surface area contributed by atoms with Crippen molar-refractivity contribution in [3.63, 3.8) is 0 Å². The lowest BCUT2D eigenvalue weighted by atomic mass is 9.94. The first-order chi connectivity index (χ1) is 18.0. The molecule has 0 atom stereocenters. The van der Waals surface area contributed by atoms with Gasteiger partial charge in [0.15, 0.2) is 0 Å². The largest absolute Gasteiger partial charge is 0.466 e. The molecule has 3 rings (SSSR count). The van der Waals surface area contributed by atoms with Crippen LogP contribution in [0.2, 0.25) is 0 Å². The highest BCUT2D eigenvalue weighted by atomic mass is 16.5. The van der Waals surface area contributed by atoms with Crippen molar-refractivity contribution in [1.82, 2.24) is 14.4 Å². The number of carbonyl (C=O) groups is 3. The summed E-state index contributed by atoms with van der Waals surface area (Å²) in [6.07, 6.45) is 9.37. The summed E-state index contributed by atoms with van der Waals surface area (Å²) < 4.78 is 7.18. The first kappa shape index (κ1) is 28.5. The zero-order valence-electron chi connectivity index (χ0n) is 22.6. The molecule has 2 aromatic rings. The Labute approximate surface area is 221 Å². The second kappa shape index (κ2) is 15.2. The Morgan fingerprint density at radius 3 is 2.41 bits per heavy atom. The number of amides is 2. The summed E-state index contributed by atoms with van der Waals surface area (Å²) >= 11 is 0. The normalized spacial score (nSPS) is 13.8. The van der Waals surface area contributed by atoms with Crippen molar-refractivity contribution in [3.05, 3.63) is 59.9 Å². The molecule has 1 aromatic heterocycles. The van der Waals surface area contributed by atoms with E-state index in [2.05, 4.69) is 35.9 Å². The first-order valence-corrected chi connectivity index (χ1v) is 13.9. The van der Waals surface area contributed by atoms with Gasteiger partial charge >= 0.3 is 5.97 Å². The van der Waals surface area contributed by atoms with Crippen molar-refractivity contribution in [3.8, 4) is 0 Å². The summed E-state index contributed by atoms with van der Waals surface area (Å²) in [5.74, 6) is -0.550. The van der Waals surface area contributed by atoms with Crippen LogP contribution in [-0.2, 0) is 32.2 Å². The third-order valence-corrected chi connectivity index (χ3v) is 7.10. The number of nitrogens with zero attached hydrogens (tertiary/aromatic N) is 3. The van der Waals surface area contributed by atoms with E-state index in [9.17, 15) is 14.4 Å². The molecule has 1 fully saturated rings. The van der Waals surface area contributed by atoms with Crippen molar-refractivity contribution in [2.75, 3.05) is 19.7 Å². The van der Waals surface area contributed by atoms with E-state index in [0.717, 1.165) is 50.8 Å². The molecule has 0 spiro atoms. The van der Waals surface area contributed by atoms with E-state index >= 15 is 0 Å². The molecule has 0 unspecified atom stereocenters. The molecule has 1 aliphatic rings. The van der Waals surface area contributed by atoms with Crippen LogP contribution in [-0.4, -0.2) is 57.9 Å². The molecule has 1 aliphatic carbocycles. The molecule has 0 radical (unpaired) electrons. The maximum atomic E-state index is 13.8. The minimum Gasteiger partial charge on any atom is -0.466 e. The Balaban J connectivity index is 1.73. The Bertz CT molecular complexity index is 982. The zero-order chi connectivity index (χ0) is 26.5. The van der Waals surface area contributed by atoms with Gasteiger partial charge in [-0.3, -0.25) is 14.4 Å². The Morgan fingerprint density at radius 2 is 1.70 bits per heavy atom. The van der Waals surface area contributed by atoms with Crippen LogP contribution in [0, 0.1) is 0 Å². The quantitative estimate of drug-likeness (QED) is 0.330. The lowest BCUT2D eigenvalue weighted by molar-refractivity contribution is -0.147. The molecule has 1 saturated carbocycles. The molecular formula is C30H43N3O4. The van der Waals surface area contributed by atoms with Gasteiger partial charge in [-0.15, -0.1) is 0 Å². The minimum absolute atomic E-state index is 0.0139. The fourth-order valence-corrected chi connectivity index (χ4v) is 5.01. The lowest BCUT2D eigenvalue weighted by Crippen LogP contribution is -2.47. The number of hydrogen-bond donors (Lipinski definition) is 0. The van der Waals surface area contributed by atoms with Crippen molar-refractivity contribution in [2.45, 2.75) is 90.8 Å². The van der Waals surface area contributed by atoms with Gasteiger partial charge in [0.1, 0.15) is 0 Å². The van der Waals surface area contributed by atoms with Crippen LogP contribution in [0.1, 0.15) is 82.9 Å². The Morgan fingerprint density at radius 1 is 0.946 bits per heavy atom. The fourth-order valence-electron chi connectivity index (χ4n) is 5.01. The van der Waals surface area contributed by atoms with Gasteiger partial charge in [0, 0.05) is 37.4 Å². The van der Waals surface area contributed by atoms with Gasteiger partial charge in [0.2, 0.25) is 11.8 Å². The number of aromatic nitrogens is 1. The lowest BCUT2D eigenvalue weighted by Gasteiger charge is -2.36. The second-order valence-corrected chi connectivity index (χ2v) is 9.90. The first-order valence-electron chi connectivity index (χ1n) is 13.9. The van der Waals surface area contributed by atoms with Crippen molar-refractivity contribution in [2.24, 2.45) is 0 Å². The predicted octanol–water partition coefficient (Wildman–Crippen LogP) is 5.17. The molecule has 0 aliphatic heterocycles. The van der Waals surface area contributed by atoms with Gasteiger partial charge in [-0.05, 0) is 43.9 Å². The van der Waals surface area contributed by atoms with Gasteiger partial charge in [-0.25, -0.2) is 0 Å². The standard InChI is InChI=1S/C30H43N3O4/c1-3-5-20-32(28(34)18-19-30(36)37-4-2)24-29(35)33(26-15-10-7-11-16-26)23-27-17-12-21-31(27)22-25-13-8-6-9-14-25/h6,8-9,12-14,17,21,26H,3-5,7,10-11,15-16,18-20,22-24H2,1-2H3. The summed E-state index contributed by atoms with van der Waals surface area (Å²) in [6, 6.07) is 14.6. The smallest absolute Gasteiger partial charge is 0.306 e. The number of unbranched alkanes of at least 4 members (excludes halogenated alkanes) is 1. The third kappa shape index (κ3) is 9.06. The zero-order valence-corrected chi connectivity index (χ0v) is 22.6. The molecule has 37 heavy (non-hydrogen) atoms. The molecule has 7 heteroatoms. The maximum absolute atomic E-state index is 13.8. The van der Waals surface area contributed by atoms with Crippen molar-refractivity contribution in [1.29, 1.82) is 0 Å². The van der Waals surface area contributed by atoms with E-state index in [1.54, 1.807) is 11.8 Å². The topological polar surface area (TPSA) is 71.9 Å². The molecule has 1 aromatic carbocycles. The van der Waals surface area contributed by atoms with Crippen LogP contribution in [0.25, 0.3) is 0 Å². The fraction of sp³-hybridized carbons (Fsp3) is 0.567. The van der Waals surface area contributed by atoms with Gasteiger partial charge in [0.25, 0.3) is 0 Å². The highest BCUT2D eigenvalue weighted by molar-refractivity contribution is 5.86. The summed E-state index contributed by atoms with van der Waals surface area (Å²) in [6.45, 7) is 5.98. The minimum atomic E-state index is -0.374. The van der Waals surface area contributed by atoms with E-state index in [4.69, 9.17) is 4.74 Å². The Kier molecular flexibility index (Phi) is 11.7. The van der Waals surface area contributed by atoms with E-state index in [-0.39, 0.29) is 43.2 Å². The summed E-state index contributed by atoms with van der Waals surface area (Å²) in [5.41, 5.74) is 2.31. The number of hydrogen-bond acceptors (Lipinski definition) is 4. The number of rotatable bonds is 14.